The van der Waals surface area contributed by atoms with E-state index in [4.69, 9.17) is 9.84 Å². The molecular formula is C9H16O3. The van der Waals surface area contributed by atoms with Gasteiger partial charge in [0.2, 0.25) is 0 Å². The Hall–Kier alpha value is -0.990. The topological polar surface area (TPSA) is 46.5 Å². The molecule has 0 aliphatic rings. The highest BCUT2D eigenvalue weighted by molar-refractivity contribution is 5.84. The first kappa shape index (κ1) is 11.0. The van der Waals surface area contributed by atoms with Crippen molar-refractivity contribution < 1.29 is 14.6 Å². The van der Waals surface area contributed by atoms with Crippen molar-refractivity contribution in [1.29, 1.82) is 0 Å². The summed E-state index contributed by atoms with van der Waals surface area (Å²) in [5.74, 6) is -0.893. The van der Waals surface area contributed by atoms with E-state index in [1.807, 2.05) is 13.8 Å². The van der Waals surface area contributed by atoms with E-state index in [9.17, 15) is 4.79 Å². The number of carbonyl (C=O) groups is 1. The van der Waals surface area contributed by atoms with Crippen LogP contribution in [0.4, 0.5) is 0 Å². The molecular weight excluding hydrogens is 156 g/mol. The lowest BCUT2D eigenvalue weighted by atomic mass is 10.3. The first-order chi connectivity index (χ1) is 5.72. The van der Waals surface area contributed by atoms with E-state index in [0.29, 0.717) is 6.61 Å². The monoisotopic (exact) mass is 172 g/mol. The number of hydrogen-bond donors (Lipinski definition) is 1. The van der Waals surface area contributed by atoms with Gasteiger partial charge in [0.1, 0.15) is 0 Å². The molecule has 0 fully saturated rings. The molecule has 0 saturated heterocycles. The molecule has 0 atom stereocenters. The second-order valence-electron chi connectivity index (χ2n) is 2.51. The van der Waals surface area contributed by atoms with Crippen LogP contribution in [0.5, 0.6) is 0 Å². The smallest absolute Gasteiger partial charge is 0.370 e. The Labute approximate surface area is 73.0 Å². The van der Waals surface area contributed by atoms with Crippen LogP contribution in [0.1, 0.15) is 33.1 Å². The van der Waals surface area contributed by atoms with Crippen molar-refractivity contribution in [2.75, 3.05) is 6.61 Å². The van der Waals surface area contributed by atoms with Crippen LogP contribution in [-0.2, 0) is 9.53 Å². The van der Waals surface area contributed by atoms with Crippen LogP contribution < -0.4 is 0 Å². The number of ether oxygens (including phenoxy) is 1. The fraction of sp³-hybridized carbons (Fsp3) is 0.667. The SMILES string of the molecule is CCC/C=C(/OCCC)C(=O)O. The Kier molecular flexibility index (Phi) is 6.15. The van der Waals surface area contributed by atoms with Crippen molar-refractivity contribution in [3.05, 3.63) is 11.8 Å². The molecule has 0 saturated carbocycles. The van der Waals surface area contributed by atoms with E-state index >= 15 is 0 Å². The Bertz CT molecular complexity index is 161. The standard InChI is InChI=1S/C9H16O3/c1-3-5-6-8(9(10)11)12-7-4-2/h6H,3-5,7H2,1-2H3,(H,10,11)/b8-6+. The zero-order chi connectivity index (χ0) is 9.40. The molecule has 0 aliphatic heterocycles. The Balaban J connectivity index is 3.94. The third kappa shape index (κ3) is 4.77. The van der Waals surface area contributed by atoms with Gasteiger partial charge < -0.3 is 9.84 Å². The number of allylic oxidation sites excluding steroid dienone is 1. The average molecular weight is 172 g/mol. The first-order valence-corrected chi connectivity index (χ1v) is 4.28. The van der Waals surface area contributed by atoms with Crippen molar-refractivity contribution in [2.24, 2.45) is 0 Å². The number of unbranched alkanes of at least 4 members (excludes halogenated alkanes) is 1. The first-order valence-electron chi connectivity index (χ1n) is 4.28. The van der Waals surface area contributed by atoms with Crippen molar-refractivity contribution in [3.8, 4) is 0 Å². The minimum Gasteiger partial charge on any atom is -0.487 e. The molecule has 0 spiro atoms. The van der Waals surface area contributed by atoms with Gasteiger partial charge in [-0.3, -0.25) is 0 Å². The molecule has 12 heavy (non-hydrogen) atoms. The highest BCUT2D eigenvalue weighted by Gasteiger charge is 2.06. The summed E-state index contributed by atoms with van der Waals surface area (Å²) in [6, 6.07) is 0. The van der Waals surface area contributed by atoms with Gasteiger partial charge in [-0.05, 0) is 18.9 Å². The van der Waals surface area contributed by atoms with Crippen molar-refractivity contribution in [3.63, 3.8) is 0 Å². The summed E-state index contributed by atoms with van der Waals surface area (Å²) >= 11 is 0. The van der Waals surface area contributed by atoms with Crippen LogP contribution in [0.15, 0.2) is 11.8 Å². The number of carboxylic acid groups (broad SMARTS) is 1. The molecule has 3 heteroatoms. The van der Waals surface area contributed by atoms with E-state index in [1.165, 1.54) is 0 Å². The molecule has 0 bridgehead atoms. The molecule has 0 heterocycles. The number of aliphatic carboxylic acids is 1. The van der Waals surface area contributed by atoms with E-state index in [2.05, 4.69) is 0 Å². The number of hydrogen-bond acceptors (Lipinski definition) is 2. The summed E-state index contributed by atoms with van der Waals surface area (Å²) in [6.07, 6.45) is 4.15. The van der Waals surface area contributed by atoms with Crippen LogP contribution in [0.2, 0.25) is 0 Å². The highest BCUT2D eigenvalue weighted by Crippen LogP contribution is 2.02. The number of carboxylic acids is 1. The molecule has 1 N–H and O–H groups in total. The summed E-state index contributed by atoms with van der Waals surface area (Å²) in [4.78, 5) is 10.5. The van der Waals surface area contributed by atoms with Crippen LogP contribution in [0.25, 0.3) is 0 Å². The van der Waals surface area contributed by atoms with E-state index in [-0.39, 0.29) is 5.76 Å². The summed E-state index contributed by atoms with van der Waals surface area (Å²) in [5.41, 5.74) is 0. The van der Waals surface area contributed by atoms with Crippen LogP contribution in [0, 0.1) is 0 Å². The normalized spacial score (nSPS) is 11.3. The van der Waals surface area contributed by atoms with E-state index in [0.717, 1.165) is 19.3 Å². The quantitative estimate of drug-likeness (QED) is 0.493. The van der Waals surface area contributed by atoms with Crippen molar-refractivity contribution in [2.45, 2.75) is 33.1 Å². The lowest BCUT2D eigenvalue weighted by Gasteiger charge is -2.03. The van der Waals surface area contributed by atoms with Crippen molar-refractivity contribution >= 4 is 5.97 Å². The number of rotatable bonds is 6. The molecule has 0 amide bonds. The molecule has 3 nitrogen and oxygen atoms in total. The van der Waals surface area contributed by atoms with Crippen LogP contribution in [-0.4, -0.2) is 17.7 Å². The zero-order valence-electron chi connectivity index (χ0n) is 7.67. The van der Waals surface area contributed by atoms with Gasteiger partial charge in [-0.2, -0.15) is 0 Å². The summed E-state index contributed by atoms with van der Waals surface area (Å²) in [7, 11) is 0. The van der Waals surface area contributed by atoms with Gasteiger partial charge in [0, 0.05) is 0 Å². The third-order valence-corrected chi connectivity index (χ3v) is 1.29. The van der Waals surface area contributed by atoms with Gasteiger partial charge in [-0.1, -0.05) is 20.3 Å². The molecule has 0 unspecified atom stereocenters. The Morgan fingerprint density at radius 3 is 2.50 bits per heavy atom. The summed E-state index contributed by atoms with van der Waals surface area (Å²) < 4.78 is 5.02. The van der Waals surface area contributed by atoms with Gasteiger partial charge in [0.25, 0.3) is 0 Å². The predicted octanol–water partition coefficient (Wildman–Crippen LogP) is 2.18. The predicted molar refractivity (Wildman–Crippen MR) is 46.9 cm³/mol. The third-order valence-electron chi connectivity index (χ3n) is 1.29. The van der Waals surface area contributed by atoms with Gasteiger partial charge in [0.15, 0.2) is 5.76 Å². The van der Waals surface area contributed by atoms with E-state index in [1.54, 1.807) is 6.08 Å². The van der Waals surface area contributed by atoms with Gasteiger partial charge in [0.05, 0.1) is 6.61 Å². The maximum Gasteiger partial charge on any atom is 0.370 e. The molecule has 0 rings (SSSR count). The largest absolute Gasteiger partial charge is 0.487 e. The van der Waals surface area contributed by atoms with E-state index < -0.39 is 5.97 Å². The maximum atomic E-state index is 10.5. The van der Waals surface area contributed by atoms with Gasteiger partial charge in [-0.25, -0.2) is 4.79 Å². The molecule has 0 aromatic heterocycles. The van der Waals surface area contributed by atoms with Gasteiger partial charge >= 0.3 is 5.97 Å². The van der Waals surface area contributed by atoms with Crippen LogP contribution >= 0.6 is 0 Å². The molecule has 0 radical (unpaired) electrons. The molecule has 0 aromatic carbocycles. The lowest BCUT2D eigenvalue weighted by Crippen LogP contribution is -2.05. The summed E-state index contributed by atoms with van der Waals surface area (Å²) in [6.45, 7) is 4.41. The Morgan fingerprint density at radius 1 is 1.42 bits per heavy atom. The van der Waals surface area contributed by atoms with Crippen LogP contribution in [0.3, 0.4) is 0 Å². The lowest BCUT2D eigenvalue weighted by molar-refractivity contribution is -0.136. The second-order valence-corrected chi connectivity index (χ2v) is 2.51. The highest BCUT2D eigenvalue weighted by atomic mass is 16.5. The molecule has 70 valence electrons. The maximum absolute atomic E-state index is 10.5. The van der Waals surface area contributed by atoms with Gasteiger partial charge in [-0.15, -0.1) is 0 Å². The minimum absolute atomic E-state index is 0.0821. The zero-order valence-corrected chi connectivity index (χ0v) is 7.67. The summed E-state index contributed by atoms with van der Waals surface area (Å²) in [5, 5.41) is 8.63. The molecule has 0 aliphatic carbocycles. The fourth-order valence-electron chi connectivity index (χ4n) is 0.695. The molecule has 0 aromatic rings. The minimum atomic E-state index is -0.975. The average Bonchev–Trinajstić information content (AvgIpc) is 2.04. The van der Waals surface area contributed by atoms with Crippen molar-refractivity contribution in [1.82, 2.24) is 0 Å². The second kappa shape index (κ2) is 6.70. The fourth-order valence-corrected chi connectivity index (χ4v) is 0.695. The Morgan fingerprint density at radius 2 is 2.08 bits per heavy atom.